The van der Waals surface area contributed by atoms with Crippen LogP contribution in [0.4, 0.5) is 24.8 Å². The van der Waals surface area contributed by atoms with E-state index in [4.69, 9.17) is 0 Å². The maximum atomic E-state index is 12.5. The van der Waals surface area contributed by atoms with Crippen molar-refractivity contribution in [2.24, 2.45) is 0 Å². The minimum Gasteiger partial charge on any atom is -0.351 e. The molecule has 0 atom stereocenters. The van der Waals surface area contributed by atoms with Gasteiger partial charge in [-0.2, -0.15) is 13.2 Å². The van der Waals surface area contributed by atoms with Crippen LogP contribution in [-0.2, 0) is 6.18 Å². The van der Waals surface area contributed by atoms with Crippen LogP contribution in [0.3, 0.4) is 0 Å². The summed E-state index contributed by atoms with van der Waals surface area (Å²) >= 11 is 0. The number of hydrogen-bond acceptors (Lipinski definition) is 4. The summed E-state index contributed by atoms with van der Waals surface area (Å²) in [6, 6.07) is 6.03. The van der Waals surface area contributed by atoms with Crippen molar-refractivity contribution in [3.8, 4) is 0 Å². The summed E-state index contributed by atoms with van der Waals surface area (Å²) in [5, 5.41) is 5.73. The lowest BCUT2D eigenvalue weighted by molar-refractivity contribution is -0.137. The Balaban J connectivity index is 1.66. The van der Waals surface area contributed by atoms with Gasteiger partial charge in [0.1, 0.15) is 5.69 Å². The number of nitrogens with zero attached hydrogens (tertiary/aromatic N) is 2. The Morgan fingerprint density at radius 3 is 2.40 bits per heavy atom. The molecule has 2 aromatic rings. The summed E-state index contributed by atoms with van der Waals surface area (Å²) in [6.07, 6.45) is 1.48. The van der Waals surface area contributed by atoms with E-state index in [0.717, 1.165) is 37.8 Å². The fourth-order valence-corrected chi connectivity index (χ4v) is 2.75. The van der Waals surface area contributed by atoms with E-state index in [0.29, 0.717) is 12.0 Å². The summed E-state index contributed by atoms with van der Waals surface area (Å²) in [6.45, 7) is 0. The molecule has 1 aliphatic rings. The van der Waals surface area contributed by atoms with Gasteiger partial charge < -0.3 is 10.6 Å². The number of benzene rings is 1. The molecule has 1 heterocycles. The maximum Gasteiger partial charge on any atom is 0.416 e. The van der Waals surface area contributed by atoms with Gasteiger partial charge in [0, 0.05) is 17.9 Å². The Hall–Kier alpha value is -2.64. The van der Waals surface area contributed by atoms with Crippen LogP contribution in [0.5, 0.6) is 0 Å². The smallest absolute Gasteiger partial charge is 0.351 e. The summed E-state index contributed by atoms with van der Waals surface area (Å²) < 4.78 is 37.6. The standard InChI is InChI=1S/C17H17F3N4O/c18-17(19,20)11-5-7-13(8-6-11)22-15(25)14-9-10-21-16(24-14)23-12-3-1-2-4-12/h5-10,12H,1-4H2,(H,22,25)(H,21,23,24). The highest BCUT2D eigenvalue weighted by Gasteiger charge is 2.30. The quantitative estimate of drug-likeness (QED) is 0.871. The minimum absolute atomic E-state index is 0.149. The van der Waals surface area contributed by atoms with Crippen LogP contribution in [0.25, 0.3) is 0 Å². The van der Waals surface area contributed by atoms with Crippen molar-refractivity contribution in [1.82, 2.24) is 9.97 Å². The number of anilines is 2. The lowest BCUT2D eigenvalue weighted by Crippen LogP contribution is -2.19. The molecule has 0 radical (unpaired) electrons. The number of carbonyl (C=O) groups is 1. The molecule has 1 amide bonds. The van der Waals surface area contributed by atoms with Crippen LogP contribution in [-0.4, -0.2) is 21.9 Å². The highest BCUT2D eigenvalue weighted by Crippen LogP contribution is 2.29. The fraction of sp³-hybridized carbons (Fsp3) is 0.353. The number of halogens is 3. The third-order valence-electron chi connectivity index (χ3n) is 4.05. The van der Waals surface area contributed by atoms with Crippen molar-refractivity contribution in [3.05, 3.63) is 47.8 Å². The van der Waals surface area contributed by atoms with Gasteiger partial charge >= 0.3 is 6.18 Å². The summed E-state index contributed by atoms with van der Waals surface area (Å²) in [4.78, 5) is 20.5. The molecule has 1 aromatic carbocycles. The van der Waals surface area contributed by atoms with Crippen LogP contribution >= 0.6 is 0 Å². The number of aromatic nitrogens is 2. The number of rotatable bonds is 4. The zero-order valence-electron chi connectivity index (χ0n) is 13.3. The van der Waals surface area contributed by atoms with Crippen LogP contribution in [0.1, 0.15) is 41.7 Å². The van der Waals surface area contributed by atoms with Crippen molar-refractivity contribution < 1.29 is 18.0 Å². The lowest BCUT2D eigenvalue weighted by atomic mass is 10.2. The number of hydrogen-bond donors (Lipinski definition) is 2. The second-order valence-corrected chi connectivity index (χ2v) is 5.92. The Morgan fingerprint density at radius 2 is 1.76 bits per heavy atom. The Morgan fingerprint density at radius 1 is 1.08 bits per heavy atom. The molecule has 2 N–H and O–H groups in total. The van der Waals surface area contributed by atoms with E-state index in [2.05, 4.69) is 20.6 Å². The topological polar surface area (TPSA) is 66.9 Å². The molecule has 1 aliphatic carbocycles. The average Bonchev–Trinajstić information content (AvgIpc) is 3.08. The van der Waals surface area contributed by atoms with Gasteiger partial charge in [0.15, 0.2) is 0 Å². The molecule has 1 saturated carbocycles. The first-order chi connectivity index (χ1) is 11.9. The third kappa shape index (κ3) is 4.46. The van der Waals surface area contributed by atoms with Gasteiger partial charge in [0.2, 0.25) is 5.95 Å². The van der Waals surface area contributed by atoms with E-state index < -0.39 is 17.6 Å². The van der Waals surface area contributed by atoms with E-state index in [-0.39, 0.29) is 11.4 Å². The maximum absolute atomic E-state index is 12.5. The molecule has 25 heavy (non-hydrogen) atoms. The van der Waals surface area contributed by atoms with Crippen LogP contribution in [0, 0.1) is 0 Å². The molecular weight excluding hydrogens is 333 g/mol. The Bertz CT molecular complexity index is 740. The number of amides is 1. The Labute approximate surface area is 142 Å². The number of nitrogens with one attached hydrogen (secondary N) is 2. The van der Waals surface area contributed by atoms with Crippen molar-refractivity contribution in [1.29, 1.82) is 0 Å². The van der Waals surface area contributed by atoms with Crippen LogP contribution in [0.2, 0.25) is 0 Å². The van der Waals surface area contributed by atoms with Gasteiger partial charge in [0.05, 0.1) is 5.56 Å². The van der Waals surface area contributed by atoms with Crippen molar-refractivity contribution >= 4 is 17.5 Å². The largest absolute Gasteiger partial charge is 0.416 e. The van der Waals surface area contributed by atoms with Gasteiger partial charge in [-0.3, -0.25) is 4.79 Å². The second-order valence-electron chi connectivity index (χ2n) is 5.92. The molecule has 0 saturated heterocycles. The molecule has 132 valence electrons. The molecule has 5 nitrogen and oxygen atoms in total. The highest BCUT2D eigenvalue weighted by atomic mass is 19.4. The monoisotopic (exact) mass is 350 g/mol. The van der Waals surface area contributed by atoms with E-state index in [1.165, 1.54) is 24.4 Å². The van der Waals surface area contributed by atoms with E-state index in [9.17, 15) is 18.0 Å². The fourth-order valence-electron chi connectivity index (χ4n) is 2.75. The molecule has 0 spiro atoms. The average molecular weight is 350 g/mol. The molecule has 1 aromatic heterocycles. The lowest BCUT2D eigenvalue weighted by Gasteiger charge is -2.12. The van der Waals surface area contributed by atoms with Crippen molar-refractivity contribution in [3.63, 3.8) is 0 Å². The second kappa shape index (κ2) is 7.08. The van der Waals surface area contributed by atoms with Gasteiger partial charge in [-0.05, 0) is 43.2 Å². The summed E-state index contributed by atoms with van der Waals surface area (Å²) in [5.74, 6) is -0.122. The van der Waals surface area contributed by atoms with E-state index in [1.54, 1.807) is 0 Å². The van der Waals surface area contributed by atoms with Crippen LogP contribution < -0.4 is 10.6 Å². The third-order valence-corrected chi connectivity index (χ3v) is 4.05. The zero-order chi connectivity index (χ0) is 17.9. The van der Waals surface area contributed by atoms with Crippen LogP contribution in [0.15, 0.2) is 36.5 Å². The molecule has 1 fully saturated rings. The highest BCUT2D eigenvalue weighted by molar-refractivity contribution is 6.02. The summed E-state index contributed by atoms with van der Waals surface area (Å²) in [5.41, 5.74) is -0.354. The first-order valence-corrected chi connectivity index (χ1v) is 8.00. The SMILES string of the molecule is O=C(Nc1ccc(C(F)(F)F)cc1)c1ccnc(NC2CCCC2)n1. The molecule has 0 bridgehead atoms. The predicted molar refractivity (Wildman–Crippen MR) is 87.3 cm³/mol. The first-order valence-electron chi connectivity index (χ1n) is 8.00. The zero-order valence-corrected chi connectivity index (χ0v) is 13.3. The summed E-state index contributed by atoms with van der Waals surface area (Å²) in [7, 11) is 0. The molecular formula is C17H17F3N4O. The predicted octanol–water partition coefficient (Wildman–Crippen LogP) is 4.10. The van der Waals surface area contributed by atoms with Gasteiger partial charge in [-0.1, -0.05) is 12.8 Å². The molecule has 3 rings (SSSR count). The van der Waals surface area contributed by atoms with Gasteiger partial charge in [-0.25, -0.2) is 9.97 Å². The van der Waals surface area contributed by atoms with Crippen molar-refractivity contribution in [2.75, 3.05) is 10.6 Å². The van der Waals surface area contributed by atoms with Gasteiger partial charge in [-0.15, -0.1) is 0 Å². The Kier molecular flexibility index (Phi) is 4.87. The van der Waals surface area contributed by atoms with Crippen molar-refractivity contribution in [2.45, 2.75) is 37.9 Å². The molecule has 8 heteroatoms. The van der Waals surface area contributed by atoms with E-state index in [1.807, 2.05) is 0 Å². The molecule has 0 aliphatic heterocycles. The molecule has 0 unspecified atom stereocenters. The normalized spacial score (nSPS) is 15.2. The van der Waals surface area contributed by atoms with E-state index >= 15 is 0 Å². The first kappa shape index (κ1) is 17.2. The number of alkyl halides is 3. The number of carbonyl (C=O) groups excluding carboxylic acids is 1. The minimum atomic E-state index is -4.41. The van der Waals surface area contributed by atoms with Gasteiger partial charge in [0.25, 0.3) is 5.91 Å².